The number of halogens is 3. The van der Waals surface area contributed by atoms with Crippen LogP contribution in [-0.4, -0.2) is 62.7 Å². The molecule has 31 heavy (non-hydrogen) atoms. The third kappa shape index (κ3) is 5.47. The van der Waals surface area contributed by atoms with E-state index in [4.69, 9.17) is 4.74 Å². The molecule has 2 aromatic carbocycles. The maximum absolute atomic E-state index is 12.8. The Morgan fingerprint density at radius 1 is 1.00 bits per heavy atom. The molecule has 0 atom stereocenters. The van der Waals surface area contributed by atoms with Crippen molar-refractivity contribution < 1.29 is 35.9 Å². The van der Waals surface area contributed by atoms with Crippen LogP contribution in [0.1, 0.15) is 17.3 Å². The second-order valence-electron chi connectivity index (χ2n) is 6.64. The first-order valence-corrected chi connectivity index (χ1v) is 10.9. The zero-order valence-electron chi connectivity index (χ0n) is 16.6. The van der Waals surface area contributed by atoms with E-state index in [-0.39, 0.29) is 37.0 Å². The van der Waals surface area contributed by atoms with Crippen molar-refractivity contribution >= 4 is 15.9 Å². The molecule has 168 valence electrons. The highest BCUT2D eigenvalue weighted by atomic mass is 32.2. The number of carbonyl (C=O) groups is 1. The average molecular weight is 458 g/mol. The predicted octanol–water partition coefficient (Wildman–Crippen LogP) is 3.13. The quantitative estimate of drug-likeness (QED) is 0.665. The van der Waals surface area contributed by atoms with Gasteiger partial charge in [0.05, 0.1) is 17.1 Å². The van der Waals surface area contributed by atoms with Gasteiger partial charge >= 0.3 is 6.36 Å². The van der Waals surface area contributed by atoms with Gasteiger partial charge in [0.1, 0.15) is 11.5 Å². The first-order valence-electron chi connectivity index (χ1n) is 9.49. The lowest BCUT2D eigenvalue weighted by molar-refractivity contribution is -0.274. The second kappa shape index (κ2) is 9.15. The molecule has 0 aliphatic carbocycles. The summed E-state index contributed by atoms with van der Waals surface area (Å²) in [4.78, 5) is 14.2. The normalized spacial score (nSPS) is 15.5. The number of nitrogens with zero attached hydrogens (tertiary/aromatic N) is 2. The smallest absolute Gasteiger partial charge is 0.493 e. The summed E-state index contributed by atoms with van der Waals surface area (Å²) in [5.41, 5.74) is 0.404. The van der Waals surface area contributed by atoms with E-state index in [9.17, 15) is 26.4 Å². The molecule has 0 N–H and O–H groups in total. The van der Waals surface area contributed by atoms with Crippen LogP contribution in [0, 0.1) is 0 Å². The Kier molecular flexibility index (Phi) is 6.75. The second-order valence-corrected chi connectivity index (χ2v) is 8.58. The van der Waals surface area contributed by atoms with Gasteiger partial charge in [-0.15, -0.1) is 13.2 Å². The maximum Gasteiger partial charge on any atom is 0.573 e. The Morgan fingerprint density at radius 3 is 2.19 bits per heavy atom. The number of hydrogen-bond acceptors (Lipinski definition) is 5. The van der Waals surface area contributed by atoms with Gasteiger partial charge in [0, 0.05) is 26.2 Å². The monoisotopic (exact) mass is 458 g/mol. The van der Waals surface area contributed by atoms with Gasteiger partial charge in [-0.1, -0.05) is 12.1 Å². The molecule has 3 rings (SSSR count). The van der Waals surface area contributed by atoms with Gasteiger partial charge in [0.15, 0.2) is 0 Å². The molecule has 1 fully saturated rings. The molecular weight excluding hydrogens is 437 g/mol. The minimum absolute atomic E-state index is 0.0612. The molecule has 2 aromatic rings. The highest BCUT2D eigenvalue weighted by Crippen LogP contribution is 2.26. The van der Waals surface area contributed by atoms with Gasteiger partial charge in [-0.05, 0) is 43.3 Å². The largest absolute Gasteiger partial charge is 0.573 e. The Morgan fingerprint density at radius 2 is 1.61 bits per heavy atom. The first-order chi connectivity index (χ1) is 14.6. The molecule has 0 bridgehead atoms. The summed E-state index contributed by atoms with van der Waals surface area (Å²) in [6.07, 6.45) is -4.86. The molecule has 0 spiro atoms. The molecule has 1 heterocycles. The van der Waals surface area contributed by atoms with Gasteiger partial charge in [-0.25, -0.2) is 8.42 Å². The molecule has 0 unspecified atom stereocenters. The van der Waals surface area contributed by atoms with E-state index in [1.807, 2.05) is 6.92 Å². The number of piperazine rings is 1. The van der Waals surface area contributed by atoms with Crippen molar-refractivity contribution in [3.8, 4) is 11.5 Å². The molecule has 1 amide bonds. The van der Waals surface area contributed by atoms with Crippen LogP contribution in [0.2, 0.25) is 0 Å². The summed E-state index contributed by atoms with van der Waals surface area (Å²) >= 11 is 0. The van der Waals surface area contributed by atoms with Crippen LogP contribution in [-0.2, 0) is 10.0 Å². The van der Waals surface area contributed by atoms with Crippen molar-refractivity contribution in [2.75, 3.05) is 32.8 Å². The number of amides is 1. The Bertz CT molecular complexity index is 1020. The highest BCUT2D eigenvalue weighted by Gasteiger charge is 2.33. The lowest BCUT2D eigenvalue weighted by Crippen LogP contribution is -2.50. The molecular formula is C20H21F3N2O5S. The standard InChI is InChI=1S/C20H21F3N2O5S/c1-2-29-18-6-4-3-5-17(18)19(26)24-11-13-25(14-12-24)31(27,28)16-9-7-15(8-10-16)30-20(21,22)23/h3-10H,2,11-14H2,1H3. The van der Waals surface area contributed by atoms with Crippen molar-refractivity contribution in [1.29, 1.82) is 0 Å². The molecule has 1 aliphatic heterocycles. The number of benzene rings is 2. The fourth-order valence-corrected chi connectivity index (χ4v) is 4.61. The topological polar surface area (TPSA) is 76.2 Å². The number of sulfonamides is 1. The predicted molar refractivity (Wildman–Crippen MR) is 105 cm³/mol. The van der Waals surface area contributed by atoms with Gasteiger partial charge in [-0.3, -0.25) is 4.79 Å². The molecule has 0 saturated carbocycles. The fraction of sp³-hybridized carbons (Fsp3) is 0.350. The van der Waals surface area contributed by atoms with Crippen LogP contribution in [0.15, 0.2) is 53.4 Å². The Balaban J connectivity index is 1.67. The van der Waals surface area contributed by atoms with Gasteiger partial charge in [0.25, 0.3) is 5.91 Å². The van der Waals surface area contributed by atoms with Crippen LogP contribution in [0.4, 0.5) is 13.2 Å². The van der Waals surface area contributed by atoms with E-state index >= 15 is 0 Å². The number of ether oxygens (including phenoxy) is 2. The molecule has 1 saturated heterocycles. The summed E-state index contributed by atoms with van der Waals surface area (Å²) in [5.74, 6) is -0.296. The van der Waals surface area contributed by atoms with Crippen molar-refractivity contribution in [3.05, 3.63) is 54.1 Å². The number of alkyl halides is 3. The van der Waals surface area contributed by atoms with Gasteiger partial charge < -0.3 is 14.4 Å². The lowest BCUT2D eigenvalue weighted by atomic mass is 10.1. The van der Waals surface area contributed by atoms with Crippen LogP contribution < -0.4 is 9.47 Å². The van der Waals surface area contributed by atoms with E-state index in [1.165, 1.54) is 4.31 Å². The summed E-state index contributed by atoms with van der Waals surface area (Å²) in [7, 11) is -3.92. The van der Waals surface area contributed by atoms with Crippen LogP contribution in [0.3, 0.4) is 0 Å². The molecule has 7 nitrogen and oxygen atoms in total. The number of rotatable bonds is 6. The van der Waals surface area contributed by atoms with Gasteiger partial charge in [-0.2, -0.15) is 4.31 Å². The molecule has 11 heteroatoms. The van der Waals surface area contributed by atoms with E-state index in [0.29, 0.717) is 17.9 Å². The van der Waals surface area contributed by atoms with Crippen molar-refractivity contribution in [2.45, 2.75) is 18.2 Å². The lowest BCUT2D eigenvalue weighted by Gasteiger charge is -2.34. The minimum atomic E-state index is -4.86. The minimum Gasteiger partial charge on any atom is -0.493 e. The molecule has 1 aliphatic rings. The molecule has 0 radical (unpaired) electrons. The molecule has 0 aromatic heterocycles. The van der Waals surface area contributed by atoms with Crippen LogP contribution >= 0.6 is 0 Å². The summed E-state index contributed by atoms with van der Waals surface area (Å²) in [6.45, 7) is 2.69. The van der Waals surface area contributed by atoms with E-state index in [1.54, 1.807) is 29.2 Å². The summed E-state index contributed by atoms with van der Waals surface area (Å²) < 4.78 is 72.9. The first kappa shape index (κ1) is 22.9. The Hall–Kier alpha value is -2.79. The Labute approximate surface area is 178 Å². The summed E-state index contributed by atoms with van der Waals surface area (Å²) in [5, 5.41) is 0. The van der Waals surface area contributed by atoms with Crippen LogP contribution in [0.25, 0.3) is 0 Å². The zero-order chi connectivity index (χ0) is 22.6. The third-order valence-electron chi connectivity index (χ3n) is 4.64. The number of carbonyl (C=O) groups excluding carboxylic acids is 1. The summed E-state index contributed by atoms with van der Waals surface area (Å²) in [6, 6.07) is 10.9. The van der Waals surface area contributed by atoms with E-state index in [2.05, 4.69) is 4.74 Å². The van der Waals surface area contributed by atoms with E-state index < -0.39 is 22.1 Å². The zero-order valence-corrected chi connectivity index (χ0v) is 17.4. The van der Waals surface area contributed by atoms with Crippen molar-refractivity contribution in [1.82, 2.24) is 9.21 Å². The van der Waals surface area contributed by atoms with Gasteiger partial charge in [0.2, 0.25) is 10.0 Å². The maximum atomic E-state index is 12.8. The fourth-order valence-electron chi connectivity index (χ4n) is 3.19. The average Bonchev–Trinajstić information content (AvgIpc) is 2.73. The number of hydrogen-bond donors (Lipinski definition) is 0. The van der Waals surface area contributed by atoms with Crippen molar-refractivity contribution in [3.63, 3.8) is 0 Å². The highest BCUT2D eigenvalue weighted by molar-refractivity contribution is 7.89. The number of para-hydroxylation sites is 1. The van der Waals surface area contributed by atoms with E-state index in [0.717, 1.165) is 24.3 Å². The SMILES string of the molecule is CCOc1ccccc1C(=O)N1CCN(S(=O)(=O)c2ccc(OC(F)(F)F)cc2)CC1. The van der Waals surface area contributed by atoms with Crippen LogP contribution in [0.5, 0.6) is 11.5 Å². The third-order valence-corrected chi connectivity index (χ3v) is 6.55. The van der Waals surface area contributed by atoms with Crippen molar-refractivity contribution in [2.24, 2.45) is 0 Å².